The third kappa shape index (κ3) is 4.82. The van der Waals surface area contributed by atoms with Gasteiger partial charge in [-0.15, -0.1) is 0 Å². The van der Waals surface area contributed by atoms with E-state index in [1.807, 2.05) is 0 Å². The standard InChI is InChI=1S/C20H21F3N2O3/c1-4-28-15-8-6-5-7-12(15)19(26)25-18(11(2)3)20(27)24-14-10-9-13(21)16(22)17(14)23/h5-11,18H,4H2,1-3H3,(H,24,27)(H,25,26)/t18-/m0/s1. The first-order chi connectivity index (χ1) is 13.3. The lowest BCUT2D eigenvalue weighted by Gasteiger charge is -2.22. The van der Waals surface area contributed by atoms with E-state index < -0.39 is 41.0 Å². The maximum Gasteiger partial charge on any atom is 0.255 e. The summed E-state index contributed by atoms with van der Waals surface area (Å²) in [6.45, 7) is 5.49. The molecule has 5 nitrogen and oxygen atoms in total. The molecule has 2 rings (SSSR count). The van der Waals surface area contributed by atoms with Gasteiger partial charge in [-0.25, -0.2) is 13.2 Å². The highest BCUT2D eigenvalue weighted by Gasteiger charge is 2.27. The average molecular weight is 394 g/mol. The van der Waals surface area contributed by atoms with Gasteiger partial charge in [-0.3, -0.25) is 9.59 Å². The molecule has 0 aliphatic carbocycles. The molecule has 28 heavy (non-hydrogen) atoms. The molecule has 2 aromatic carbocycles. The predicted molar refractivity (Wildman–Crippen MR) is 98.6 cm³/mol. The van der Waals surface area contributed by atoms with Crippen molar-refractivity contribution in [3.05, 3.63) is 59.4 Å². The molecule has 0 unspecified atom stereocenters. The minimum atomic E-state index is -1.69. The summed E-state index contributed by atoms with van der Waals surface area (Å²) in [5.74, 6) is -5.88. The summed E-state index contributed by atoms with van der Waals surface area (Å²) in [5.41, 5.74) is -0.277. The Balaban J connectivity index is 2.20. The van der Waals surface area contributed by atoms with Crippen molar-refractivity contribution in [2.75, 3.05) is 11.9 Å². The van der Waals surface area contributed by atoms with Gasteiger partial charge in [0.2, 0.25) is 5.91 Å². The largest absolute Gasteiger partial charge is 0.493 e. The summed E-state index contributed by atoms with van der Waals surface area (Å²) in [5, 5.41) is 4.77. The van der Waals surface area contributed by atoms with Gasteiger partial charge in [0.1, 0.15) is 11.8 Å². The summed E-state index contributed by atoms with van der Waals surface area (Å²) in [6, 6.07) is 7.10. The topological polar surface area (TPSA) is 67.4 Å². The maximum atomic E-state index is 13.8. The monoisotopic (exact) mass is 394 g/mol. The number of amides is 2. The van der Waals surface area contributed by atoms with Crippen LogP contribution in [-0.2, 0) is 4.79 Å². The molecule has 8 heteroatoms. The zero-order valence-electron chi connectivity index (χ0n) is 15.7. The van der Waals surface area contributed by atoms with E-state index in [0.29, 0.717) is 18.4 Å². The van der Waals surface area contributed by atoms with Crippen molar-refractivity contribution in [3.8, 4) is 5.75 Å². The molecule has 2 N–H and O–H groups in total. The second kappa shape index (κ2) is 9.25. The van der Waals surface area contributed by atoms with Gasteiger partial charge in [0, 0.05) is 0 Å². The van der Waals surface area contributed by atoms with E-state index in [4.69, 9.17) is 4.74 Å². The Morgan fingerprint density at radius 3 is 2.36 bits per heavy atom. The minimum Gasteiger partial charge on any atom is -0.493 e. The van der Waals surface area contributed by atoms with Crippen molar-refractivity contribution < 1.29 is 27.5 Å². The summed E-state index contributed by atoms with van der Waals surface area (Å²) < 4.78 is 45.6. The van der Waals surface area contributed by atoms with Crippen molar-refractivity contribution in [2.45, 2.75) is 26.8 Å². The third-order valence-electron chi connectivity index (χ3n) is 3.96. The van der Waals surface area contributed by atoms with Crippen LogP contribution in [0.25, 0.3) is 0 Å². The average Bonchev–Trinajstić information content (AvgIpc) is 2.66. The lowest BCUT2D eigenvalue weighted by atomic mass is 10.0. The fourth-order valence-corrected chi connectivity index (χ4v) is 2.52. The Labute approximate surface area is 160 Å². The number of nitrogens with one attached hydrogen (secondary N) is 2. The van der Waals surface area contributed by atoms with Crippen LogP contribution in [0.2, 0.25) is 0 Å². The second-order valence-electron chi connectivity index (χ2n) is 6.34. The van der Waals surface area contributed by atoms with Crippen LogP contribution < -0.4 is 15.4 Å². The third-order valence-corrected chi connectivity index (χ3v) is 3.96. The molecule has 2 aromatic rings. The SMILES string of the molecule is CCOc1ccccc1C(=O)N[C@H](C(=O)Nc1ccc(F)c(F)c1F)C(C)C. The van der Waals surface area contributed by atoms with Gasteiger partial charge in [-0.05, 0) is 37.1 Å². The van der Waals surface area contributed by atoms with Gasteiger partial charge < -0.3 is 15.4 Å². The zero-order chi connectivity index (χ0) is 20.8. The highest BCUT2D eigenvalue weighted by molar-refractivity contribution is 6.02. The van der Waals surface area contributed by atoms with E-state index in [1.54, 1.807) is 45.0 Å². The molecule has 0 spiro atoms. The molecule has 0 saturated heterocycles. The number of para-hydroxylation sites is 1. The van der Waals surface area contributed by atoms with E-state index in [-0.39, 0.29) is 11.5 Å². The lowest BCUT2D eigenvalue weighted by Crippen LogP contribution is -2.47. The number of carbonyl (C=O) groups excluding carboxylic acids is 2. The van der Waals surface area contributed by atoms with Crippen molar-refractivity contribution in [1.82, 2.24) is 5.32 Å². The lowest BCUT2D eigenvalue weighted by molar-refractivity contribution is -0.118. The molecule has 0 fully saturated rings. The molecule has 0 aromatic heterocycles. The number of ether oxygens (including phenoxy) is 1. The first kappa shape index (κ1) is 21.3. The number of hydrogen-bond donors (Lipinski definition) is 2. The number of benzene rings is 2. The van der Waals surface area contributed by atoms with Crippen LogP contribution in [0.15, 0.2) is 36.4 Å². The van der Waals surface area contributed by atoms with Gasteiger partial charge in [-0.2, -0.15) is 0 Å². The molecule has 2 amide bonds. The Hall–Kier alpha value is -3.03. The molecule has 0 aliphatic heterocycles. The molecule has 0 bridgehead atoms. The quantitative estimate of drug-likeness (QED) is 0.700. The van der Waals surface area contributed by atoms with E-state index in [9.17, 15) is 22.8 Å². The van der Waals surface area contributed by atoms with Crippen LogP contribution in [0, 0.1) is 23.4 Å². The Kier molecular flexibility index (Phi) is 7.03. The molecule has 0 saturated carbocycles. The normalized spacial score (nSPS) is 11.8. The van der Waals surface area contributed by atoms with Gasteiger partial charge >= 0.3 is 0 Å². The number of carbonyl (C=O) groups is 2. The van der Waals surface area contributed by atoms with E-state index in [2.05, 4.69) is 10.6 Å². The molecule has 150 valence electrons. The molecule has 0 heterocycles. The van der Waals surface area contributed by atoms with Gasteiger partial charge in [0.15, 0.2) is 17.5 Å². The van der Waals surface area contributed by atoms with Crippen LogP contribution in [0.3, 0.4) is 0 Å². The van der Waals surface area contributed by atoms with Crippen molar-refractivity contribution in [2.24, 2.45) is 5.92 Å². The number of halogens is 3. The van der Waals surface area contributed by atoms with Crippen LogP contribution in [-0.4, -0.2) is 24.5 Å². The smallest absolute Gasteiger partial charge is 0.255 e. The number of hydrogen-bond acceptors (Lipinski definition) is 3. The number of rotatable bonds is 7. The Bertz CT molecular complexity index is 872. The minimum absolute atomic E-state index is 0.238. The van der Waals surface area contributed by atoms with E-state index >= 15 is 0 Å². The molecule has 0 radical (unpaired) electrons. The van der Waals surface area contributed by atoms with Crippen molar-refractivity contribution >= 4 is 17.5 Å². The summed E-state index contributed by atoms with van der Waals surface area (Å²) >= 11 is 0. The molecule has 0 aliphatic rings. The number of anilines is 1. The summed E-state index contributed by atoms with van der Waals surface area (Å²) in [6.07, 6.45) is 0. The molecular formula is C20H21F3N2O3. The zero-order valence-corrected chi connectivity index (χ0v) is 15.7. The van der Waals surface area contributed by atoms with E-state index in [0.717, 1.165) is 6.07 Å². The van der Waals surface area contributed by atoms with Crippen LogP contribution in [0.4, 0.5) is 18.9 Å². The summed E-state index contributed by atoms with van der Waals surface area (Å²) in [4.78, 5) is 25.2. The fraction of sp³-hybridized carbons (Fsp3) is 0.300. The first-order valence-corrected chi connectivity index (χ1v) is 8.73. The second-order valence-corrected chi connectivity index (χ2v) is 6.34. The van der Waals surface area contributed by atoms with Crippen LogP contribution in [0.5, 0.6) is 5.75 Å². The van der Waals surface area contributed by atoms with Gasteiger partial charge in [0.05, 0.1) is 17.9 Å². The first-order valence-electron chi connectivity index (χ1n) is 8.73. The maximum absolute atomic E-state index is 13.8. The highest BCUT2D eigenvalue weighted by atomic mass is 19.2. The van der Waals surface area contributed by atoms with Crippen LogP contribution in [0.1, 0.15) is 31.1 Å². The molecule has 1 atom stereocenters. The predicted octanol–water partition coefficient (Wildman–Crippen LogP) is 3.90. The van der Waals surface area contributed by atoms with Crippen molar-refractivity contribution in [1.29, 1.82) is 0 Å². The molecular weight excluding hydrogens is 373 g/mol. The highest BCUT2D eigenvalue weighted by Crippen LogP contribution is 2.21. The van der Waals surface area contributed by atoms with Crippen LogP contribution >= 0.6 is 0 Å². The summed E-state index contributed by atoms with van der Waals surface area (Å²) in [7, 11) is 0. The Morgan fingerprint density at radius 1 is 1.04 bits per heavy atom. The van der Waals surface area contributed by atoms with E-state index in [1.165, 1.54) is 0 Å². The van der Waals surface area contributed by atoms with Gasteiger partial charge in [0.25, 0.3) is 5.91 Å². The van der Waals surface area contributed by atoms with Crippen molar-refractivity contribution in [3.63, 3.8) is 0 Å². The van der Waals surface area contributed by atoms with Gasteiger partial charge in [-0.1, -0.05) is 26.0 Å². The fourth-order valence-electron chi connectivity index (χ4n) is 2.52. The Morgan fingerprint density at radius 2 is 1.71 bits per heavy atom.